The second-order valence-corrected chi connectivity index (χ2v) is 8.94. The third-order valence-corrected chi connectivity index (χ3v) is 6.38. The van der Waals surface area contributed by atoms with Crippen LogP contribution in [-0.4, -0.2) is 47.9 Å². The average Bonchev–Trinajstić information content (AvgIpc) is 3.49. The van der Waals surface area contributed by atoms with E-state index >= 15 is 0 Å². The molecule has 0 fully saturated rings. The van der Waals surface area contributed by atoms with E-state index in [1.54, 1.807) is 18.0 Å². The monoisotopic (exact) mass is 461 g/mol. The number of hydrogen-bond donors (Lipinski definition) is 2. The molecule has 2 aromatic heterocycles. The van der Waals surface area contributed by atoms with Gasteiger partial charge in [-0.05, 0) is 47.7 Å². The number of H-pyrrole nitrogens is 1. The van der Waals surface area contributed by atoms with Crippen LogP contribution in [-0.2, 0) is 11.2 Å². The summed E-state index contributed by atoms with van der Waals surface area (Å²) in [6.07, 6.45) is 2.30. The van der Waals surface area contributed by atoms with E-state index in [1.165, 1.54) is 11.3 Å². The van der Waals surface area contributed by atoms with Crippen molar-refractivity contribution in [2.45, 2.75) is 19.4 Å². The van der Waals surface area contributed by atoms with Gasteiger partial charge in [-0.1, -0.05) is 36.4 Å². The van der Waals surface area contributed by atoms with Gasteiger partial charge in [0.15, 0.2) is 0 Å². The molecule has 2 N–H and O–H groups in total. The molecule has 0 aliphatic heterocycles. The first-order valence-electron chi connectivity index (χ1n) is 10.8. The van der Waals surface area contributed by atoms with Crippen LogP contribution in [0.15, 0.2) is 72.2 Å². The van der Waals surface area contributed by atoms with Crippen molar-refractivity contribution in [1.29, 1.82) is 0 Å². The second kappa shape index (κ2) is 10.4. The first-order valence-corrected chi connectivity index (χ1v) is 11.7. The summed E-state index contributed by atoms with van der Waals surface area (Å²) in [5, 5.41) is 5.84. The predicted molar refractivity (Wildman–Crippen MR) is 132 cm³/mol. The fraction of sp³-hybridized carbons (Fsp3) is 0.231. The summed E-state index contributed by atoms with van der Waals surface area (Å²) in [5.41, 5.74) is 3.11. The number of ether oxygens (including phenoxy) is 1. The number of rotatable bonds is 9. The van der Waals surface area contributed by atoms with E-state index in [1.807, 2.05) is 73.1 Å². The number of carbonyl (C=O) groups excluding carboxylic acids is 2. The van der Waals surface area contributed by atoms with Crippen molar-refractivity contribution in [1.82, 2.24) is 15.2 Å². The highest BCUT2D eigenvalue weighted by Crippen LogP contribution is 2.20. The maximum Gasteiger partial charge on any atom is 0.262 e. The molecule has 0 radical (unpaired) electrons. The predicted octanol–water partition coefficient (Wildman–Crippen LogP) is 4.42. The number of aromatic nitrogens is 1. The van der Waals surface area contributed by atoms with Crippen molar-refractivity contribution in [3.63, 3.8) is 0 Å². The summed E-state index contributed by atoms with van der Waals surface area (Å²) in [7, 11) is 1.74. The summed E-state index contributed by atoms with van der Waals surface area (Å²) in [6, 6.07) is 18.6. The van der Waals surface area contributed by atoms with E-state index in [4.69, 9.17) is 4.74 Å². The van der Waals surface area contributed by atoms with Crippen molar-refractivity contribution in [2.24, 2.45) is 0 Å². The molecule has 0 spiro atoms. The third kappa shape index (κ3) is 5.62. The molecule has 2 aromatic carbocycles. The molecule has 6 nitrogen and oxygen atoms in total. The number of nitrogens with zero attached hydrogens (tertiary/aromatic N) is 1. The number of amides is 2. The topological polar surface area (TPSA) is 74.4 Å². The fourth-order valence-corrected chi connectivity index (χ4v) is 4.37. The van der Waals surface area contributed by atoms with E-state index in [0.29, 0.717) is 24.4 Å². The van der Waals surface area contributed by atoms with Crippen LogP contribution in [0.5, 0.6) is 5.75 Å². The van der Waals surface area contributed by atoms with Gasteiger partial charge in [0.25, 0.3) is 5.91 Å². The lowest BCUT2D eigenvalue weighted by Gasteiger charge is -2.24. The molecule has 0 saturated heterocycles. The number of aromatic amines is 1. The second-order valence-electron chi connectivity index (χ2n) is 7.99. The van der Waals surface area contributed by atoms with Crippen LogP contribution in [0.3, 0.4) is 0 Å². The van der Waals surface area contributed by atoms with Crippen molar-refractivity contribution >= 4 is 34.1 Å². The highest BCUT2D eigenvalue weighted by molar-refractivity contribution is 7.12. The van der Waals surface area contributed by atoms with Gasteiger partial charge in [-0.15, -0.1) is 11.3 Å². The van der Waals surface area contributed by atoms with Gasteiger partial charge in [-0.2, -0.15) is 0 Å². The smallest absolute Gasteiger partial charge is 0.262 e. The lowest BCUT2D eigenvalue weighted by Crippen LogP contribution is -2.49. The Morgan fingerprint density at radius 2 is 1.97 bits per heavy atom. The molecule has 2 amide bonds. The number of nitrogens with one attached hydrogen (secondary N) is 2. The number of para-hydroxylation sites is 1. The number of aryl methyl sites for hydroxylation is 1. The lowest BCUT2D eigenvalue weighted by molar-refractivity contribution is -0.132. The van der Waals surface area contributed by atoms with Crippen LogP contribution in [0.1, 0.15) is 20.8 Å². The molecular formula is C26H27N3O3S. The minimum Gasteiger partial charge on any atom is -0.492 e. The summed E-state index contributed by atoms with van der Waals surface area (Å²) in [6.45, 7) is 2.78. The molecule has 4 aromatic rings. The molecule has 170 valence electrons. The van der Waals surface area contributed by atoms with E-state index in [-0.39, 0.29) is 11.8 Å². The Morgan fingerprint density at radius 3 is 2.76 bits per heavy atom. The van der Waals surface area contributed by atoms with Crippen LogP contribution >= 0.6 is 11.3 Å². The highest BCUT2D eigenvalue weighted by Gasteiger charge is 2.26. The van der Waals surface area contributed by atoms with E-state index in [2.05, 4.69) is 10.3 Å². The van der Waals surface area contributed by atoms with E-state index in [0.717, 1.165) is 27.8 Å². The van der Waals surface area contributed by atoms with E-state index < -0.39 is 6.04 Å². The maximum atomic E-state index is 13.4. The first-order chi connectivity index (χ1) is 16.0. The molecule has 2 heterocycles. The number of likely N-dealkylation sites (N-methyl/N-ethyl adjacent to an activating group) is 1. The Balaban J connectivity index is 1.46. The minimum absolute atomic E-state index is 0.155. The van der Waals surface area contributed by atoms with Crippen molar-refractivity contribution in [2.75, 3.05) is 20.2 Å². The standard InChI is InChI=1S/C26H27N3O3S/c1-18-7-5-8-20(15-18)32-13-12-29(2)26(31)23(28-25(30)24-11-6-14-33-24)16-19-17-27-22-10-4-3-9-21(19)22/h3-11,14-15,17,23,27H,12-13,16H2,1-2H3,(H,28,30). The summed E-state index contributed by atoms with van der Waals surface area (Å²) < 4.78 is 5.81. The number of carbonyl (C=O) groups is 2. The van der Waals surface area contributed by atoms with Crippen LogP contribution in [0.25, 0.3) is 10.9 Å². The number of thiophene rings is 1. The quantitative estimate of drug-likeness (QED) is 0.388. The number of benzene rings is 2. The van der Waals surface area contributed by atoms with Crippen LogP contribution in [0.2, 0.25) is 0 Å². The zero-order valence-electron chi connectivity index (χ0n) is 18.7. The molecule has 7 heteroatoms. The third-order valence-electron chi connectivity index (χ3n) is 5.51. The summed E-state index contributed by atoms with van der Waals surface area (Å²) in [5.74, 6) is 0.378. The number of fused-ring (bicyclic) bond motifs is 1. The fourth-order valence-electron chi connectivity index (χ4n) is 3.74. The van der Waals surface area contributed by atoms with Crippen molar-refractivity contribution < 1.29 is 14.3 Å². The Kier molecular flexibility index (Phi) is 7.10. The van der Waals surface area contributed by atoms with Gasteiger partial charge in [-0.25, -0.2) is 0 Å². The molecule has 0 saturated carbocycles. The van der Waals surface area contributed by atoms with Gasteiger partial charge in [0, 0.05) is 30.6 Å². The molecule has 0 aliphatic carbocycles. The van der Waals surface area contributed by atoms with Gasteiger partial charge in [0.1, 0.15) is 18.4 Å². The normalized spacial score (nSPS) is 11.8. The zero-order chi connectivity index (χ0) is 23.2. The minimum atomic E-state index is -0.692. The Hall–Kier alpha value is -3.58. The Labute approximate surface area is 197 Å². The van der Waals surface area contributed by atoms with Crippen LogP contribution in [0, 0.1) is 6.92 Å². The molecule has 0 aliphatic rings. The molecule has 1 unspecified atom stereocenters. The highest BCUT2D eigenvalue weighted by atomic mass is 32.1. The Morgan fingerprint density at radius 1 is 1.12 bits per heavy atom. The molecule has 4 rings (SSSR count). The van der Waals surface area contributed by atoms with Gasteiger partial charge < -0.3 is 19.9 Å². The Bertz CT molecular complexity index is 1230. The number of hydrogen-bond acceptors (Lipinski definition) is 4. The molecule has 1 atom stereocenters. The molecule has 0 bridgehead atoms. The van der Waals surface area contributed by atoms with Crippen molar-refractivity contribution in [3.8, 4) is 5.75 Å². The van der Waals surface area contributed by atoms with Crippen LogP contribution < -0.4 is 10.1 Å². The van der Waals surface area contributed by atoms with Crippen molar-refractivity contribution in [3.05, 3.63) is 88.2 Å². The first kappa shape index (κ1) is 22.6. The summed E-state index contributed by atoms with van der Waals surface area (Å²) >= 11 is 1.35. The zero-order valence-corrected chi connectivity index (χ0v) is 19.5. The largest absolute Gasteiger partial charge is 0.492 e. The van der Waals surface area contributed by atoms with E-state index in [9.17, 15) is 9.59 Å². The summed E-state index contributed by atoms with van der Waals surface area (Å²) in [4.78, 5) is 31.6. The molecule has 33 heavy (non-hydrogen) atoms. The van der Waals surface area contributed by atoms with Gasteiger partial charge in [0.05, 0.1) is 11.4 Å². The van der Waals surface area contributed by atoms with Gasteiger partial charge >= 0.3 is 0 Å². The van der Waals surface area contributed by atoms with Gasteiger partial charge in [-0.3, -0.25) is 9.59 Å². The van der Waals surface area contributed by atoms with Gasteiger partial charge in [0.2, 0.25) is 5.91 Å². The SMILES string of the molecule is Cc1cccc(OCCN(C)C(=O)C(Cc2c[nH]c3ccccc23)NC(=O)c2cccs2)c1. The molecular weight excluding hydrogens is 434 g/mol. The average molecular weight is 462 g/mol. The maximum absolute atomic E-state index is 13.4. The lowest BCUT2D eigenvalue weighted by atomic mass is 10.0. The van der Waals surface area contributed by atoms with Crippen LogP contribution in [0.4, 0.5) is 0 Å².